The van der Waals surface area contributed by atoms with Crippen molar-refractivity contribution in [3.05, 3.63) is 65.6 Å². The molecule has 0 saturated carbocycles. The fourth-order valence-corrected chi connectivity index (χ4v) is 2.95. The average Bonchev–Trinajstić information content (AvgIpc) is 3.39. The molecule has 0 bridgehead atoms. The van der Waals surface area contributed by atoms with E-state index in [4.69, 9.17) is 9.26 Å². The molecule has 0 radical (unpaired) electrons. The van der Waals surface area contributed by atoms with Gasteiger partial charge >= 0.3 is 0 Å². The third-order valence-electron chi connectivity index (χ3n) is 4.31. The minimum atomic E-state index is -0.129. The number of anilines is 1. The van der Waals surface area contributed by atoms with E-state index in [0.717, 1.165) is 35.9 Å². The van der Waals surface area contributed by atoms with E-state index in [2.05, 4.69) is 25.8 Å². The summed E-state index contributed by atoms with van der Waals surface area (Å²) in [4.78, 5) is 20.8. The van der Waals surface area contributed by atoms with Crippen molar-refractivity contribution in [3.8, 4) is 11.5 Å². The van der Waals surface area contributed by atoms with Crippen LogP contribution in [0.15, 0.2) is 58.2 Å². The Balaban J connectivity index is 1.36. The number of ether oxygens (including phenoxy) is 1. The summed E-state index contributed by atoms with van der Waals surface area (Å²) >= 11 is 0. The first-order valence-corrected chi connectivity index (χ1v) is 9.40. The van der Waals surface area contributed by atoms with Crippen LogP contribution in [-0.4, -0.2) is 35.0 Å². The normalized spacial score (nSPS) is 12.9. The van der Waals surface area contributed by atoms with Crippen molar-refractivity contribution >= 4 is 17.6 Å². The van der Waals surface area contributed by atoms with Crippen molar-refractivity contribution in [1.82, 2.24) is 15.5 Å². The Kier molecular flexibility index (Phi) is 5.51. The molecule has 2 N–H and O–H groups in total. The minimum Gasteiger partial charge on any atom is -0.457 e. The molecule has 3 heterocycles. The van der Waals surface area contributed by atoms with E-state index in [0.29, 0.717) is 30.2 Å². The Hall–Kier alpha value is -3.68. The number of carbonyl (C=O) groups is 1. The second-order valence-corrected chi connectivity index (χ2v) is 6.66. The lowest BCUT2D eigenvalue weighted by molar-refractivity contribution is -0.116. The number of benzene rings is 1. The monoisotopic (exact) mass is 391 g/mol. The molecular formula is C21H21N5O3. The fourth-order valence-electron chi connectivity index (χ4n) is 2.95. The van der Waals surface area contributed by atoms with E-state index in [-0.39, 0.29) is 5.91 Å². The Bertz CT molecular complexity index is 1040. The van der Waals surface area contributed by atoms with Gasteiger partial charge in [0.05, 0.1) is 12.2 Å². The van der Waals surface area contributed by atoms with Gasteiger partial charge in [-0.25, -0.2) is 0 Å². The predicted octanol–water partition coefficient (Wildman–Crippen LogP) is 3.09. The SMILES string of the molecule is Cc1cc(NC(=O)CCc2cccc(Oc3ccnc(C4=NCCN4)c3)c2)on1. The number of nitrogens with zero attached hydrogens (tertiary/aromatic N) is 3. The highest BCUT2D eigenvalue weighted by Crippen LogP contribution is 2.23. The van der Waals surface area contributed by atoms with Gasteiger partial charge < -0.3 is 14.6 Å². The summed E-state index contributed by atoms with van der Waals surface area (Å²) in [6.07, 6.45) is 2.61. The average molecular weight is 391 g/mol. The van der Waals surface area contributed by atoms with Gasteiger partial charge in [0.2, 0.25) is 11.8 Å². The molecule has 4 rings (SSSR count). The van der Waals surface area contributed by atoms with Crippen LogP contribution >= 0.6 is 0 Å². The molecule has 0 aliphatic carbocycles. The van der Waals surface area contributed by atoms with Crippen LogP contribution in [0.25, 0.3) is 0 Å². The van der Waals surface area contributed by atoms with Crippen LogP contribution in [0.4, 0.5) is 5.88 Å². The first-order chi connectivity index (χ1) is 14.2. The Labute approximate surface area is 168 Å². The smallest absolute Gasteiger partial charge is 0.231 e. The number of rotatable bonds is 7. The van der Waals surface area contributed by atoms with Crippen LogP contribution in [0.1, 0.15) is 23.4 Å². The second kappa shape index (κ2) is 8.55. The van der Waals surface area contributed by atoms with Crippen molar-refractivity contribution in [1.29, 1.82) is 0 Å². The van der Waals surface area contributed by atoms with Crippen LogP contribution in [0.2, 0.25) is 0 Å². The number of carbonyl (C=O) groups excluding carboxylic acids is 1. The van der Waals surface area contributed by atoms with Crippen LogP contribution in [0.3, 0.4) is 0 Å². The summed E-state index contributed by atoms with van der Waals surface area (Å²) in [5.74, 6) is 2.40. The molecule has 0 spiro atoms. The molecule has 0 atom stereocenters. The van der Waals surface area contributed by atoms with Gasteiger partial charge in [0.15, 0.2) is 0 Å². The van der Waals surface area contributed by atoms with Crippen molar-refractivity contribution in [2.45, 2.75) is 19.8 Å². The first kappa shape index (κ1) is 18.7. The lowest BCUT2D eigenvalue weighted by Gasteiger charge is -2.09. The van der Waals surface area contributed by atoms with Crippen LogP contribution in [0, 0.1) is 6.92 Å². The second-order valence-electron chi connectivity index (χ2n) is 6.66. The lowest BCUT2D eigenvalue weighted by atomic mass is 10.1. The molecule has 1 aromatic carbocycles. The molecule has 2 aromatic heterocycles. The maximum Gasteiger partial charge on any atom is 0.231 e. The first-order valence-electron chi connectivity index (χ1n) is 9.40. The van der Waals surface area contributed by atoms with Gasteiger partial charge in [-0.2, -0.15) is 0 Å². The van der Waals surface area contributed by atoms with Crippen molar-refractivity contribution < 1.29 is 14.1 Å². The molecular weight excluding hydrogens is 370 g/mol. The molecule has 0 fully saturated rings. The number of aryl methyl sites for hydroxylation is 2. The minimum absolute atomic E-state index is 0.129. The standard InChI is InChI=1S/C21H21N5O3/c1-14-11-20(29-26-14)25-19(27)6-5-15-3-2-4-16(12-15)28-17-7-8-22-18(13-17)21-23-9-10-24-21/h2-4,7-8,11-13H,5-6,9-10H2,1H3,(H,23,24)(H,25,27). The molecule has 148 valence electrons. The van der Waals surface area contributed by atoms with Crippen molar-refractivity contribution in [2.24, 2.45) is 4.99 Å². The number of nitrogens with one attached hydrogen (secondary N) is 2. The van der Waals surface area contributed by atoms with Crippen LogP contribution < -0.4 is 15.4 Å². The largest absolute Gasteiger partial charge is 0.457 e. The zero-order chi connectivity index (χ0) is 20.1. The van der Waals surface area contributed by atoms with Crippen LogP contribution in [0.5, 0.6) is 11.5 Å². The molecule has 3 aromatic rings. The molecule has 1 amide bonds. The third kappa shape index (κ3) is 4.98. The maximum atomic E-state index is 12.1. The van der Waals surface area contributed by atoms with E-state index in [1.165, 1.54) is 0 Å². The van der Waals surface area contributed by atoms with Gasteiger partial charge in [-0.1, -0.05) is 17.3 Å². The number of hydrogen-bond donors (Lipinski definition) is 2. The quantitative estimate of drug-likeness (QED) is 0.642. The highest BCUT2D eigenvalue weighted by molar-refractivity contribution is 5.98. The van der Waals surface area contributed by atoms with Gasteiger partial charge in [0, 0.05) is 31.3 Å². The highest BCUT2D eigenvalue weighted by atomic mass is 16.5. The predicted molar refractivity (Wildman–Crippen MR) is 108 cm³/mol. The number of pyridine rings is 1. The van der Waals surface area contributed by atoms with Gasteiger partial charge in [-0.3, -0.25) is 20.1 Å². The molecule has 1 aliphatic rings. The van der Waals surface area contributed by atoms with E-state index in [9.17, 15) is 4.79 Å². The van der Waals surface area contributed by atoms with E-state index in [1.807, 2.05) is 30.3 Å². The maximum absolute atomic E-state index is 12.1. The zero-order valence-corrected chi connectivity index (χ0v) is 16.0. The van der Waals surface area contributed by atoms with E-state index >= 15 is 0 Å². The number of amidine groups is 1. The number of aliphatic imine (C=N–C) groups is 1. The van der Waals surface area contributed by atoms with Gasteiger partial charge in [-0.05, 0) is 37.1 Å². The van der Waals surface area contributed by atoms with Crippen molar-refractivity contribution in [2.75, 3.05) is 18.4 Å². The summed E-state index contributed by atoms with van der Waals surface area (Å²) in [5, 5.41) is 9.65. The molecule has 0 saturated heterocycles. The van der Waals surface area contributed by atoms with E-state index < -0.39 is 0 Å². The van der Waals surface area contributed by atoms with Gasteiger partial charge in [-0.15, -0.1) is 0 Å². The van der Waals surface area contributed by atoms with E-state index in [1.54, 1.807) is 25.3 Å². The molecule has 29 heavy (non-hydrogen) atoms. The zero-order valence-electron chi connectivity index (χ0n) is 16.0. The summed E-state index contributed by atoms with van der Waals surface area (Å²) in [6.45, 7) is 3.38. The van der Waals surface area contributed by atoms with Crippen LogP contribution in [-0.2, 0) is 11.2 Å². The summed E-state index contributed by atoms with van der Waals surface area (Å²) in [6, 6.07) is 13.0. The van der Waals surface area contributed by atoms with Crippen molar-refractivity contribution in [3.63, 3.8) is 0 Å². The summed E-state index contributed by atoms with van der Waals surface area (Å²) in [5.41, 5.74) is 2.48. The number of aromatic nitrogens is 2. The van der Waals surface area contributed by atoms with Gasteiger partial charge in [0.25, 0.3) is 0 Å². The van der Waals surface area contributed by atoms with Gasteiger partial charge in [0.1, 0.15) is 23.0 Å². The molecule has 8 nitrogen and oxygen atoms in total. The summed E-state index contributed by atoms with van der Waals surface area (Å²) < 4.78 is 11.0. The molecule has 1 aliphatic heterocycles. The lowest BCUT2D eigenvalue weighted by Crippen LogP contribution is -2.20. The highest BCUT2D eigenvalue weighted by Gasteiger charge is 2.11. The molecule has 0 unspecified atom stereocenters. The topological polar surface area (TPSA) is 102 Å². The number of hydrogen-bond acceptors (Lipinski definition) is 7. The Morgan fingerprint density at radius 3 is 2.93 bits per heavy atom. The third-order valence-corrected chi connectivity index (χ3v) is 4.31. The summed E-state index contributed by atoms with van der Waals surface area (Å²) in [7, 11) is 0. The Morgan fingerprint density at radius 2 is 2.14 bits per heavy atom. The Morgan fingerprint density at radius 1 is 1.24 bits per heavy atom. The molecule has 8 heteroatoms. The fraction of sp³-hybridized carbons (Fsp3) is 0.238. The number of amides is 1.